The highest BCUT2D eigenvalue weighted by Crippen LogP contribution is 2.00. The fourth-order valence-electron chi connectivity index (χ4n) is 1.25. The van der Waals surface area contributed by atoms with Crippen molar-refractivity contribution < 1.29 is 9.63 Å². The minimum Gasteiger partial charge on any atom is -0.339 e. The molecule has 0 atom stereocenters. The fraction of sp³-hybridized carbons (Fsp3) is 0.857. The molecule has 12 heavy (non-hydrogen) atoms. The normalized spacial score (nSPS) is 19.7. The lowest BCUT2D eigenvalue weighted by Gasteiger charge is -2.32. The van der Waals surface area contributed by atoms with Crippen LogP contribution < -0.4 is 5.73 Å². The number of piperazine rings is 1. The molecule has 2 N–H and O–H groups in total. The van der Waals surface area contributed by atoms with Gasteiger partial charge in [-0.1, -0.05) is 0 Å². The standard InChI is InChI=1S/C7H15N3O2/c1-12-10-4-2-9(3-5-10)7(11)6-8/h2-6,8H2,1H3. The van der Waals surface area contributed by atoms with E-state index in [-0.39, 0.29) is 12.5 Å². The average Bonchev–Trinajstić information content (AvgIpc) is 2.17. The minimum atomic E-state index is 0.0192. The molecule has 70 valence electrons. The summed E-state index contributed by atoms with van der Waals surface area (Å²) in [6.45, 7) is 3.06. The number of nitrogens with zero attached hydrogens (tertiary/aromatic N) is 2. The lowest BCUT2D eigenvalue weighted by molar-refractivity contribution is -0.160. The Kier molecular flexibility index (Phi) is 3.46. The summed E-state index contributed by atoms with van der Waals surface area (Å²) in [4.78, 5) is 17.9. The first-order valence-corrected chi connectivity index (χ1v) is 4.05. The molecule has 0 aromatic heterocycles. The first kappa shape index (κ1) is 9.44. The third-order valence-corrected chi connectivity index (χ3v) is 2.02. The van der Waals surface area contributed by atoms with E-state index in [9.17, 15) is 4.79 Å². The third kappa shape index (κ3) is 2.17. The zero-order chi connectivity index (χ0) is 8.97. The highest BCUT2D eigenvalue weighted by molar-refractivity contribution is 5.78. The van der Waals surface area contributed by atoms with Gasteiger partial charge in [0.1, 0.15) is 0 Å². The maximum atomic E-state index is 11.1. The van der Waals surface area contributed by atoms with Crippen molar-refractivity contribution in [2.24, 2.45) is 5.73 Å². The predicted octanol–water partition coefficient (Wildman–Crippen LogP) is -1.35. The Labute approximate surface area is 72.0 Å². The molecule has 1 heterocycles. The average molecular weight is 173 g/mol. The summed E-state index contributed by atoms with van der Waals surface area (Å²) < 4.78 is 0. The molecular formula is C7H15N3O2. The van der Waals surface area contributed by atoms with Crippen LogP contribution in [0.3, 0.4) is 0 Å². The SMILES string of the molecule is CON1CCN(C(=O)CN)CC1. The topological polar surface area (TPSA) is 58.8 Å². The Balaban J connectivity index is 2.30. The summed E-state index contributed by atoms with van der Waals surface area (Å²) in [6.07, 6.45) is 0. The number of carbonyl (C=O) groups excluding carboxylic acids is 1. The number of amides is 1. The molecule has 0 aromatic rings. The summed E-state index contributed by atoms with van der Waals surface area (Å²) in [5.41, 5.74) is 5.23. The Hall–Kier alpha value is -0.650. The van der Waals surface area contributed by atoms with Crippen LogP contribution in [-0.2, 0) is 9.63 Å². The van der Waals surface area contributed by atoms with Crippen LogP contribution >= 0.6 is 0 Å². The smallest absolute Gasteiger partial charge is 0.236 e. The number of hydrogen-bond acceptors (Lipinski definition) is 4. The van der Waals surface area contributed by atoms with E-state index in [4.69, 9.17) is 10.6 Å². The van der Waals surface area contributed by atoms with Crippen LogP contribution in [0.4, 0.5) is 0 Å². The van der Waals surface area contributed by atoms with Gasteiger partial charge >= 0.3 is 0 Å². The van der Waals surface area contributed by atoms with Gasteiger partial charge in [-0.3, -0.25) is 4.79 Å². The van der Waals surface area contributed by atoms with Gasteiger partial charge in [0.25, 0.3) is 0 Å². The Morgan fingerprint density at radius 1 is 1.42 bits per heavy atom. The van der Waals surface area contributed by atoms with E-state index in [0.717, 1.165) is 13.1 Å². The maximum Gasteiger partial charge on any atom is 0.236 e. The van der Waals surface area contributed by atoms with E-state index >= 15 is 0 Å². The molecule has 0 aliphatic carbocycles. The van der Waals surface area contributed by atoms with Crippen molar-refractivity contribution in [2.75, 3.05) is 39.8 Å². The van der Waals surface area contributed by atoms with Crippen molar-refractivity contribution in [3.63, 3.8) is 0 Å². The summed E-state index contributed by atoms with van der Waals surface area (Å²) in [7, 11) is 1.64. The van der Waals surface area contributed by atoms with Crippen molar-refractivity contribution in [3.8, 4) is 0 Å². The molecule has 0 spiro atoms. The first-order chi connectivity index (χ1) is 5.77. The van der Waals surface area contributed by atoms with Crippen LogP contribution in [0.25, 0.3) is 0 Å². The summed E-state index contributed by atoms with van der Waals surface area (Å²) in [5, 5.41) is 1.83. The molecule has 0 radical (unpaired) electrons. The van der Waals surface area contributed by atoms with Gasteiger partial charge in [0.05, 0.1) is 13.7 Å². The van der Waals surface area contributed by atoms with Crippen LogP contribution in [0.15, 0.2) is 0 Å². The molecule has 0 unspecified atom stereocenters. The van der Waals surface area contributed by atoms with Crippen molar-refractivity contribution in [1.82, 2.24) is 9.96 Å². The minimum absolute atomic E-state index is 0.0192. The summed E-state index contributed by atoms with van der Waals surface area (Å²) in [5.74, 6) is 0.0192. The van der Waals surface area contributed by atoms with Gasteiger partial charge in [-0.05, 0) is 0 Å². The maximum absolute atomic E-state index is 11.1. The quantitative estimate of drug-likeness (QED) is 0.561. The largest absolute Gasteiger partial charge is 0.339 e. The number of nitrogens with two attached hydrogens (primary N) is 1. The van der Waals surface area contributed by atoms with Crippen LogP contribution in [0.1, 0.15) is 0 Å². The lowest BCUT2D eigenvalue weighted by atomic mass is 10.3. The zero-order valence-electron chi connectivity index (χ0n) is 7.32. The van der Waals surface area contributed by atoms with Gasteiger partial charge in [0.15, 0.2) is 0 Å². The fourth-order valence-corrected chi connectivity index (χ4v) is 1.25. The molecule has 1 saturated heterocycles. The third-order valence-electron chi connectivity index (χ3n) is 2.02. The van der Waals surface area contributed by atoms with Gasteiger partial charge in [0.2, 0.25) is 5.91 Å². The van der Waals surface area contributed by atoms with E-state index in [2.05, 4.69) is 0 Å². The Morgan fingerprint density at radius 2 is 2.00 bits per heavy atom. The Morgan fingerprint density at radius 3 is 2.42 bits per heavy atom. The number of rotatable bonds is 2. The van der Waals surface area contributed by atoms with Crippen LogP contribution in [0.2, 0.25) is 0 Å². The van der Waals surface area contributed by atoms with E-state index in [0.29, 0.717) is 13.1 Å². The summed E-state index contributed by atoms with van der Waals surface area (Å²) in [6, 6.07) is 0. The molecule has 1 aliphatic heterocycles. The highest BCUT2D eigenvalue weighted by atomic mass is 16.7. The molecule has 5 heteroatoms. The first-order valence-electron chi connectivity index (χ1n) is 4.05. The monoisotopic (exact) mass is 173 g/mol. The van der Waals surface area contributed by atoms with Gasteiger partial charge in [-0.2, -0.15) is 5.06 Å². The summed E-state index contributed by atoms with van der Waals surface area (Å²) >= 11 is 0. The molecule has 1 rings (SSSR count). The predicted molar refractivity (Wildman–Crippen MR) is 44.2 cm³/mol. The molecule has 1 amide bonds. The number of hydrogen-bond donors (Lipinski definition) is 1. The highest BCUT2D eigenvalue weighted by Gasteiger charge is 2.19. The lowest BCUT2D eigenvalue weighted by Crippen LogP contribution is -2.49. The van der Waals surface area contributed by atoms with E-state index in [1.807, 2.05) is 5.06 Å². The van der Waals surface area contributed by atoms with Crippen molar-refractivity contribution >= 4 is 5.91 Å². The second-order valence-corrected chi connectivity index (χ2v) is 2.70. The van der Waals surface area contributed by atoms with Crippen LogP contribution in [0.5, 0.6) is 0 Å². The Bertz CT molecular complexity index is 155. The molecule has 0 saturated carbocycles. The van der Waals surface area contributed by atoms with E-state index < -0.39 is 0 Å². The van der Waals surface area contributed by atoms with Crippen LogP contribution in [0, 0.1) is 0 Å². The van der Waals surface area contributed by atoms with E-state index in [1.54, 1.807) is 12.0 Å². The van der Waals surface area contributed by atoms with E-state index in [1.165, 1.54) is 0 Å². The van der Waals surface area contributed by atoms with Gasteiger partial charge in [-0.15, -0.1) is 0 Å². The van der Waals surface area contributed by atoms with Crippen molar-refractivity contribution in [1.29, 1.82) is 0 Å². The van der Waals surface area contributed by atoms with Crippen LogP contribution in [-0.4, -0.2) is 55.7 Å². The molecular weight excluding hydrogens is 158 g/mol. The molecule has 5 nitrogen and oxygen atoms in total. The van der Waals surface area contributed by atoms with Gasteiger partial charge < -0.3 is 15.5 Å². The molecule has 1 fully saturated rings. The van der Waals surface area contributed by atoms with Gasteiger partial charge in [0, 0.05) is 26.2 Å². The van der Waals surface area contributed by atoms with Gasteiger partial charge in [-0.25, -0.2) is 0 Å². The second kappa shape index (κ2) is 4.39. The van der Waals surface area contributed by atoms with Crippen molar-refractivity contribution in [3.05, 3.63) is 0 Å². The second-order valence-electron chi connectivity index (χ2n) is 2.70. The molecule has 1 aliphatic rings. The molecule has 0 bridgehead atoms. The number of hydroxylamine groups is 2. The molecule has 0 aromatic carbocycles. The zero-order valence-corrected chi connectivity index (χ0v) is 7.32. The van der Waals surface area contributed by atoms with Crippen molar-refractivity contribution in [2.45, 2.75) is 0 Å². The number of carbonyl (C=O) groups is 1.